The van der Waals surface area contributed by atoms with Gasteiger partial charge in [0, 0.05) is 22.8 Å². The van der Waals surface area contributed by atoms with Crippen molar-refractivity contribution in [2.75, 3.05) is 0 Å². The van der Waals surface area contributed by atoms with E-state index >= 15 is 0 Å². The maximum atomic E-state index is 2.39. The minimum atomic E-state index is 1.07. The lowest BCUT2D eigenvalue weighted by atomic mass is 10.0. The van der Waals surface area contributed by atoms with E-state index in [4.69, 9.17) is 0 Å². The van der Waals surface area contributed by atoms with Gasteiger partial charge in [-0.05, 0) is 18.4 Å². The zero-order valence-corrected chi connectivity index (χ0v) is 8.53. The molecule has 0 atom stereocenters. The number of hydrogen-bond donors (Lipinski definition) is 0. The number of hydrogen-bond acceptors (Lipinski definition) is 0. The van der Waals surface area contributed by atoms with E-state index in [1.807, 2.05) is 0 Å². The number of allylic oxidation sites excluding steroid dienone is 5. The van der Waals surface area contributed by atoms with Crippen molar-refractivity contribution in [2.24, 2.45) is 0 Å². The van der Waals surface area contributed by atoms with Crippen LogP contribution in [0.5, 0.6) is 0 Å². The third kappa shape index (κ3) is 0.858. The molecule has 2 heterocycles. The SMILES string of the molecule is C1=CC2=C(C1)c1c3c(cc[n+]1C2)CC=C3. The Morgan fingerprint density at radius 1 is 1.07 bits per heavy atom. The van der Waals surface area contributed by atoms with Gasteiger partial charge in [-0.15, -0.1) is 0 Å². The molecule has 3 aliphatic rings. The Balaban J connectivity index is 2.04. The molecule has 15 heavy (non-hydrogen) atoms. The average molecular weight is 194 g/mol. The summed E-state index contributed by atoms with van der Waals surface area (Å²) in [4.78, 5) is 0. The highest BCUT2D eigenvalue weighted by atomic mass is 15.0. The largest absolute Gasteiger partial charge is 0.217 e. The zero-order valence-electron chi connectivity index (χ0n) is 8.53. The second-order valence-electron chi connectivity index (χ2n) is 4.45. The van der Waals surface area contributed by atoms with Crippen molar-refractivity contribution in [2.45, 2.75) is 19.4 Å². The Morgan fingerprint density at radius 3 is 3.00 bits per heavy atom. The third-order valence-electron chi connectivity index (χ3n) is 3.62. The van der Waals surface area contributed by atoms with Gasteiger partial charge in [-0.25, -0.2) is 0 Å². The summed E-state index contributed by atoms with van der Waals surface area (Å²) in [5.41, 5.74) is 7.50. The second kappa shape index (κ2) is 2.48. The summed E-state index contributed by atoms with van der Waals surface area (Å²) in [5.74, 6) is 0. The molecule has 0 unspecified atom stereocenters. The fraction of sp³-hybridized carbons (Fsp3) is 0.214. The van der Waals surface area contributed by atoms with Crippen LogP contribution in [0.15, 0.2) is 36.1 Å². The molecule has 1 aromatic rings. The van der Waals surface area contributed by atoms with Gasteiger partial charge in [0.15, 0.2) is 12.7 Å². The van der Waals surface area contributed by atoms with Gasteiger partial charge in [-0.2, -0.15) is 4.57 Å². The highest BCUT2D eigenvalue weighted by Gasteiger charge is 2.33. The number of nitrogens with zero attached hydrogens (tertiary/aromatic N) is 1. The first-order chi connectivity index (χ1) is 7.43. The van der Waals surface area contributed by atoms with E-state index in [1.54, 1.807) is 5.57 Å². The van der Waals surface area contributed by atoms with Crippen molar-refractivity contribution in [1.29, 1.82) is 0 Å². The molecule has 0 fully saturated rings. The molecule has 72 valence electrons. The van der Waals surface area contributed by atoms with E-state index in [0.717, 1.165) is 19.4 Å². The zero-order chi connectivity index (χ0) is 9.83. The lowest BCUT2D eigenvalue weighted by Crippen LogP contribution is -2.35. The van der Waals surface area contributed by atoms with Gasteiger partial charge >= 0.3 is 0 Å². The van der Waals surface area contributed by atoms with Crippen molar-refractivity contribution in [3.05, 3.63) is 52.9 Å². The molecule has 0 saturated heterocycles. The minimum absolute atomic E-state index is 1.07. The standard InChI is InChI=1S/C14H12N/c1-3-10-7-8-15-9-11-4-2-6-13(11)14(15)12(10)5-1/h1-2,4-5,7-8H,3,6,9H2/q+1. The summed E-state index contributed by atoms with van der Waals surface area (Å²) in [6.45, 7) is 1.07. The summed E-state index contributed by atoms with van der Waals surface area (Å²) in [6.07, 6.45) is 13.6. The van der Waals surface area contributed by atoms with Gasteiger partial charge in [0.25, 0.3) is 0 Å². The van der Waals surface area contributed by atoms with E-state index in [-0.39, 0.29) is 0 Å². The highest BCUT2D eigenvalue weighted by Crippen LogP contribution is 2.36. The molecular formula is C14H12N+. The smallest absolute Gasteiger partial charge is 0.194 e. The van der Waals surface area contributed by atoms with E-state index in [1.165, 1.54) is 22.4 Å². The number of rotatable bonds is 0. The molecule has 4 rings (SSSR count). The summed E-state index contributed by atoms with van der Waals surface area (Å²) in [7, 11) is 0. The predicted octanol–water partition coefficient (Wildman–Crippen LogP) is 2.27. The Hall–Kier alpha value is -1.63. The molecule has 0 spiro atoms. The first-order valence-corrected chi connectivity index (χ1v) is 5.54. The molecular weight excluding hydrogens is 182 g/mol. The molecule has 1 aromatic heterocycles. The van der Waals surface area contributed by atoms with Crippen molar-refractivity contribution >= 4 is 11.6 Å². The topological polar surface area (TPSA) is 3.88 Å². The lowest BCUT2D eigenvalue weighted by Gasteiger charge is -2.03. The van der Waals surface area contributed by atoms with Gasteiger partial charge in [0.1, 0.15) is 0 Å². The van der Waals surface area contributed by atoms with Crippen LogP contribution in [0, 0.1) is 0 Å². The Morgan fingerprint density at radius 2 is 2.00 bits per heavy atom. The molecule has 0 amide bonds. The van der Waals surface area contributed by atoms with Crippen molar-refractivity contribution in [3.63, 3.8) is 0 Å². The van der Waals surface area contributed by atoms with Crippen LogP contribution < -0.4 is 4.57 Å². The van der Waals surface area contributed by atoms with Crippen molar-refractivity contribution in [1.82, 2.24) is 0 Å². The minimum Gasteiger partial charge on any atom is -0.194 e. The molecule has 0 N–H and O–H groups in total. The Labute approximate surface area is 89.1 Å². The molecule has 0 bridgehead atoms. The molecule has 1 nitrogen and oxygen atoms in total. The van der Waals surface area contributed by atoms with Gasteiger partial charge in [0.05, 0.1) is 0 Å². The molecule has 1 heteroatoms. The fourth-order valence-corrected chi connectivity index (χ4v) is 2.92. The Kier molecular flexibility index (Phi) is 1.26. The van der Waals surface area contributed by atoms with Crippen molar-refractivity contribution in [3.8, 4) is 0 Å². The number of pyridine rings is 1. The first kappa shape index (κ1) is 7.63. The quantitative estimate of drug-likeness (QED) is 0.558. The maximum absolute atomic E-state index is 2.39. The van der Waals surface area contributed by atoms with Gasteiger partial charge in [-0.1, -0.05) is 24.3 Å². The van der Waals surface area contributed by atoms with Gasteiger partial charge < -0.3 is 0 Å². The fourth-order valence-electron chi connectivity index (χ4n) is 2.92. The Bertz CT molecular complexity index is 559. The molecule has 0 aromatic carbocycles. The van der Waals surface area contributed by atoms with Gasteiger partial charge in [-0.3, -0.25) is 0 Å². The van der Waals surface area contributed by atoms with Crippen LogP contribution in [0.25, 0.3) is 11.6 Å². The first-order valence-electron chi connectivity index (χ1n) is 5.54. The van der Waals surface area contributed by atoms with Crippen LogP contribution in [0.1, 0.15) is 23.2 Å². The summed E-state index contributed by atoms with van der Waals surface area (Å²) < 4.78 is 2.39. The number of fused-ring (bicyclic) bond motifs is 4. The predicted molar refractivity (Wildman–Crippen MR) is 60.1 cm³/mol. The van der Waals surface area contributed by atoms with Crippen LogP contribution in [0.3, 0.4) is 0 Å². The van der Waals surface area contributed by atoms with Crippen LogP contribution in [-0.2, 0) is 13.0 Å². The summed E-state index contributed by atoms with van der Waals surface area (Å²) >= 11 is 0. The molecule has 0 saturated carbocycles. The molecule has 1 aliphatic heterocycles. The van der Waals surface area contributed by atoms with Crippen LogP contribution >= 0.6 is 0 Å². The van der Waals surface area contributed by atoms with Gasteiger partial charge in [0.2, 0.25) is 5.69 Å². The summed E-state index contributed by atoms with van der Waals surface area (Å²) in [5, 5.41) is 0. The second-order valence-corrected chi connectivity index (χ2v) is 4.45. The van der Waals surface area contributed by atoms with Crippen molar-refractivity contribution < 1.29 is 4.57 Å². The van der Waals surface area contributed by atoms with E-state index in [9.17, 15) is 0 Å². The van der Waals surface area contributed by atoms with E-state index < -0.39 is 0 Å². The van der Waals surface area contributed by atoms with Crippen LogP contribution in [0.4, 0.5) is 0 Å². The molecule has 0 radical (unpaired) electrons. The lowest BCUT2D eigenvalue weighted by molar-refractivity contribution is -0.686. The third-order valence-corrected chi connectivity index (χ3v) is 3.62. The highest BCUT2D eigenvalue weighted by molar-refractivity contribution is 5.80. The maximum Gasteiger partial charge on any atom is 0.217 e. The molecule has 2 aliphatic carbocycles. The summed E-state index contributed by atoms with van der Waals surface area (Å²) in [6, 6.07) is 2.27. The average Bonchev–Trinajstić information content (AvgIpc) is 2.89. The number of aromatic nitrogens is 1. The van der Waals surface area contributed by atoms with E-state index in [0.29, 0.717) is 0 Å². The normalized spacial score (nSPS) is 19.7. The van der Waals surface area contributed by atoms with Crippen LogP contribution in [0.2, 0.25) is 0 Å². The van der Waals surface area contributed by atoms with E-state index in [2.05, 4.69) is 41.1 Å². The van der Waals surface area contributed by atoms with Crippen LogP contribution in [-0.4, -0.2) is 0 Å². The monoisotopic (exact) mass is 194 g/mol.